The fraction of sp³-hybridized carbons (Fsp3) is 0. The minimum absolute atomic E-state index is 0.200. The Kier molecular flexibility index (Phi) is 3.93. The van der Waals surface area contributed by atoms with Crippen LogP contribution in [0.2, 0.25) is 10.0 Å². The highest BCUT2D eigenvalue weighted by Gasteiger charge is 2.14. The Labute approximate surface area is 118 Å². The number of hydrogen-bond acceptors (Lipinski definition) is 2. The molecule has 0 saturated heterocycles. The first-order chi connectivity index (χ1) is 8.97. The molecule has 0 aliphatic heterocycles. The van der Waals surface area contributed by atoms with E-state index < -0.39 is 11.7 Å². The SMILES string of the molecule is O=C(Nc1cc(Cl)ccc1Cl)c1ccc(O)cc1F. The molecule has 0 aliphatic carbocycles. The fourth-order valence-electron chi connectivity index (χ4n) is 1.47. The van der Waals surface area contributed by atoms with Crippen molar-refractivity contribution in [1.29, 1.82) is 0 Å². The van der Waals surface area contributed by atoms with Gasteiger partial charge in [0.05, 0.1) is 16.3 Å². The highest BCUT2D eigenvalue weighted by Crippen LogP contribution is 2.26. The van der Waals surface area contributed by atoms with E-state index in [4.69, 9.17) is 28.3 Å². The van der Waals surface area contributed by atoms with Crippen LogP contribution in [0, 0.1) is 5.82 Å². The van der Waals surface area contributed by atoms with Crippen LogP contribution in [-0.4, -0.2) is 11.0 Å². The molecular formula is C13H8Cl2FNO2. The molecule has 2 N–H and O–H groups in total. The summed E-state index contributed by atoms with van der Waals surface area (Å²) in [7, 11) is 0. The zero-order chi connectivity index (χ0) is 14.0. The zero-order valence-electron chi connectivity index (χ0n) is 9.45. The Balaban J connectivity index is 2.28. The van der Waals surface area contributed by atoms with E-state index in [1.54, 1.807) is 6.07 Å². The number of hydrogen-bond donors (Lipinski definition) is 2. The smallest absolute Gasteiger partial charge is 0.258 e. The third-order valence-corrected chi connectivity index (χ3v) is 2.94. The molecule has 19 heavy (non-hydrogen) atoms. The van der Waals surface area contributed by atoms with Crippen molar-refractivity contribution >= 4 is 34.8 Å². The molecular weight excluding hydrogens is 292 g/mol. The summed E-state index contributed by atoms with van der Waals surface area (Å²) in [6, 6.07) is 7.80. The van der Waals surface area contributed by atoms with Gasteiger partial charge in [0.15, 0.2) is 0 Å². The molecule has 0 spiro atoms. The maximum absolute atomic E-state index is 13.5. The van der Waals surface area contributed by atoms with E-state index in [9.17, 15) is 9.18 Å². The summed E-state index contributed by atoms with van der Waals surface area (Å²) in [6.07, 6.45) is 0. The standard InChI is InChI=1S/C13H8Cl2FNO2/c14-7-1-4-10(15)12(5-7)17-13(19)9-3-2-8(18)6-11(9)16/h1-6,18H,(H,17,19). The summed E-state index contributed by atoms with van der Waals surface area (Å²) in [5, 5.41) is 12.2. The first-order valence-electron chi connectivity index (χ1n) is 5.22. The normalized spacial score (nSPS) is 10.3. The van der Waals surface area contributed by atoms with Gasteiger partial charge in [-0.05, 0) is 30.3 Å². The first-order valence-corrected chi connectivity index (χ1v) is 5.98. The van der Waals surface area contributed by atoms with E-state index in [1.165, 1.54) is 24.3 Å². The Hall–Kier alpha value is -1.78. The molecule has 0 unspecified atom stereocenters. The van der Waals surface area contributed by atoms with Crippen molar-refractivity contribution in [3.63, 3.8) is 0 Å². The van der Waals surface area contributed by atoms with Crippen molar-refractivity contribution < 1.29 is 14.3 Å². The monoisotopic (exact) mass is 299 g/mol. The molecule has 0 aliphatic rings. The topological polar surface area (TPSA) is 49.3 Å². The number of rotatable bonds is 2. The predicted molar refractivity (Wildman–Crippen MR) is 72.5 cm³/mol. The summed E-state index contributed by atoms with van der Waals surface area (Å²) < 4.78 is 13.5. The van der Waals surface area contributed by atoms with Gasteiger partial charge < -0.3 is 10.4 Å². The van der Waals surface area contributed by atoms with Crippen molar-refractivity contribution in [3.05, 3.63) is 57.8 Å². The Morgan fingerprint density at radius 2 is 1.89 bits per heavy atom. The van der Waals surface area contributed by atoms with Gasteiger partial charge in [0.1, 0.15) is 11.6 Å². The molecule has 0 fully saturated rings. The van der Waals surface area contributed by atoms with E-state index in [-0.39, 0.29) is 22.0 Å². The number of phenolic OH excluding ortho intramolecular Hbond substituents is 1. The van der Waals surface area contributed by atoms with Crippen molar-refractivity contribution in [2.24, 2.45) is 0 Å². The third-order valence-electron chi connectivity index (χ3n) is 2.37. The highest BCUT2D eigenvalue weighted by molar-refractivity contribution is 6.35. The number of nitrogens with one attached hydrogen (secondary N) is 1. The Morgan fingerprint density at radius 1 is 1.16 bits per heavy atom. The number of phenols is 1. The van der Waals surface area contributed by atoms with Gasteiger partial charge in [-0.2, -0.15) is 0 Å². The minimum atomic E-state index is -0.823. The number of benzene rings is 2. The summed E-state index contributed by atoms with van der Waals surface area (Å²) in [4.78, 5) is 11.9. The van der Waals surface area contributed by atoms with E-state index >= 15 is 0 Å². The lowest BCUT2D eigenvalue weighted by Crippen LogP contribution is -2.13. The van der Waals surface area contributed by atoms with Gasteiger partial charge in [0.2, 0.25) is 0 Å². The second-order valence-electron chi connectivity index (χ2n) is 3.74. The molecule has 0 radical (unpaired) electrons. The molecule has 1 amide bonds. The Morgan fingerprint density at radius 3 is 2.58 bits per heavy atom. The second-order valence-corrected chi connectivity index (χ2v) is 4.59. The van der Waals surface area contributed by atoms with Crippen molar-refractivity contribution in [2.45, 2.75) is 0 Å². The lowest BCUT2D eigenvalue weighted by molar-refractivity contribution is 0.102. The quantitative estimate of drug-likeness (QED) is 0.877. The zero-order valence-corrected chi connectivity index (χ0v) is 11.0. The lowest BCUT2D eigenvalue weighted by Gasteiger charge is -2.08. The van der Waals surface area contributed by atoms with Crippen LogP contribution in [-0.2, 0) is 0 Å². The number of carbonyl (C=O) groups is 1. The van der Waals surface area contributed by atoms with Gasteiger partial charge in [0, 0.05) is 11.1 Å². The molecule has 98 valence electrons. The maximum Gasteiger partial charge on any atom is 0.258 e. The van der Waals surface area contributed by atoms with Gasteiger partial charge in [-0.3, -0.25) is 4.79 Å². The molecule has 2 rings (SSSR count). The number of carbonyl (C=O) groups excluding carboxylic acids is 1. The van der Waals surface area contributed by atoms with Crippen LogP contribution in [0.1, 0.15) is 10.4 Å². The van der Waals surface area contributed by atoms with Crippen LogP contribution in [0.15, 0.2) is 36.4 Å². The largest absolute Gasteiger partial charge is 0.508 e. The van der Waals surface area contributed by atoms with Crippen molar-refractivity contribution in [1.82, 2.24) is 0 Å². The fourth-order valence-corrected chi connectivity index (χ4v) is 1.81. The van der Waals surface area contributed by atoms with E-state index in [2.05, 4.69) is 5.32 Å². The van der Waals surface area contributed by atoms with Crippen LogP contribution >= 0.6 is 23.2 Å². The van der Waals surface area contributed by atoms with Gasteiger partial charge >= 0.3 is 0 Å². The number of amides is 1. The molecule has 0 heterocycles. The number of aromatic hydroxyl groups is 1. The summed E-state index contributed by atoms with van der Waals surface area (Å²) in [5.74, 6) is -1.76. The summed E-state index contributed by atoms with van der Waals surface area (Å²) >= 11 is 11.7. The molecule has 0 atom stereocenters. The average Bonchev–Trinajstić information content (AvgIpc) is 2.33. The van der Waals surface area contributed by atoms with Crippen molar-refractivity contribution in [2.75, 3.05) is 5.32 Å². The number of halogens is 3. The second kappa shape index (κ2) is 5.47. The summed E-state index contributed by atoms with van der Waals surface area (Å²) in [6.45, 7) is 0. The predicted octanol–water partition coefficient (Wildman–Crippen LogP) is 4.09. The Bertz CT molecular complexity index is 647. The third kappa shape index (κ3) is 3.16. The first kappa shape index (κ1) is 13.6. The molecule has 0 saturated carbocycles. The molecule has 2 aromatic rings. The van der Waals surface area contributed by atoms with E-state index in [0.29, 0.717) is 5.02 Å². The van der Waals surface area contributed by atoms with Gasteiger partial charge in [-0.15, -0.1) is 0 Å². The lowest BCUT2D eigenvalue weighted by atomic mass is 10.2. The number of anilines is 1. The average molecular weight is 300 g/mol. The van der Waals surface area contributed by atoms with E-state index in [1.807, 2.05) is 0 Å². The van der Waals surface area contributed by atoms with Crippen LogP contribution in [0.4, 0.5) is 10.1 Å². The van der Waals surface area contributed by atoms with Crippen LogP contribution in [0.3, 0.4) is 0 Å². The molecule has 0 bridgehead atoms. The maximum atomic E-state index is 13.5. The van der Waals surface area contributed by atoms with Crippen LogP contribution in [0.25, 0.3) is 0 Å². The molecule has 6 heteroatoms. The van der Waals surface area contributed by atoms with Gasteiger partial charge in [-0.1, -0.05) is 23.2 Å². The molecule has 0 aromatic heterocycles. The van der Waals surface area contributed by atoms with Gasteiger partial charge in [-0.25, -0.2) is 4.39 Å². The molecule has 3 nitrogen and oxygen atoms in total. The molecule has 2 aromatic carbocycles. The van der Waals surface area contributed by atoms with Gasteiger partial charge in [0.25, 0.3) is 5.91 Å². The highest BCUT2D eigenvalue weighted by atomic mass is 35.5. The summed E-state index contributed by atoms with van der Waals surface area (Å²) in [5.41, 5.74) is 0.0838. The minimum Gasteiger partial charge on any atom is -0.508 e. The van der Waals surface area contributed by atoms with Crippen molar-refractivity contribution in [3.8, 4) is 5.75 Å². The van der Waals surface area contributed by atoms with Crippen LogP contribution in [0.5, 0.6) is 5.75 Å². The van der Waals surface area contributed by atoms with E-state index in [0.717, 1.165) is 6.07 Å². The van der Waals surface area contributed by atoms with Crippen LogP contribution < -0.4 is 5.32 Å².